The van der Waals surface area contributed by atoms with Gasteiger partial charge in [0, 0.05) is 21.5 Å². The monoisotopic (exact) mass is 347 g/mol. The smallest absolute Gasteiger partial charge is 0.134 e. The quantitative estimate of drug-likeness (QED) is 0.530. The van der Waals surface area contributed by atoms with Crippen LogP contribution < -0.4 is 9.47 Å². The number of hydrogen-bond donors (Lipinski definition) is 0. The second-order valence-corrected chi connectivity index (χ2v) is 6.15. The summed E-state index contributed by atoms with van der Waals surface area (Å²) in [7, 11) is -1.48. The van der Waals surface area contributed by atoms with E-state index in [9.17, 15) is 13.0 Å². The fourth-order valence-corrected chi connectivity index (χ4v) is 3.17. The average Bonchev–Trinajstić information content (AvgIpc) is 2.60. The maximum Gasteiger partial charge on any atom is 0.134 e. The second kappa shape index (κ2) is 7.07. The normalized spacial score (nSPS) is 11.0. The molecule has 0 heterocycles. The molecule has 6 heteroatoms. The van der Waals surface area contributed by atoms with Crippen LogP contribution in [0.25, 0.3) is 21.5 Å². The van der Waals surface area contributed by atoms with Gasteiger partial charge in [0.25, 0.3) is 0 Å². The molecule has 0 saturated carbocycles. The first-order chi connectivity index (χ1) is 11.5. The Kier molecular flexibility index (Phi) is 5.31. The van der Waals surface area contributed by atoms with Gasteiger partial charge in [-0.3, -0.25) is 0 Å². The van der Waals surface area contributed by atoms with Gasteiger partial charge in [-0.25, -0.2) is 8.42 Å². The van der Waals surface area contributed by atoms with E-state index in [0.717, 1.165) is 10.8 Å². The van der Waals surface area contributed by atoms with Crippen molar-refractivity contribution in [3.63, 3.8) is 0 Å². The van der Waals surface area contributed by atoms with E-state index < -0.39 is 10.1 Å². The SMILES string of the molecule is CC.COc1c2ccccc2c(OC)c2cc(S(=O)(=O)[O-])ccc12. The lowest BCUT2D eigenvalue weighted by atomic mass is 10.0. The lowest BCUT2D eigenvalue weighted by molar-refractivity contribution is 0.417. The van der Waals surface area contributed by atoms with Crippen molar-refractivity contribution in [2.24, 2.45) is 0 Å². The highest BCUT2D eigenvalue weighted by Gasteiger charge is 2.16. The number of benzene rings is 3. The summed E-state index contributed by atoms with van der Waals surface area (Å²) in [5.74, 6) is 1.12. The lowest BCUT2D eigenvalue weighted by Crippen LogP contribution is -1.99. The standard InChI is InChI=1S/C16H14O5S.C2H6/c1-20-15-11-5-3-4-6-12(11)16(21-2)14-9-10(22(17,18)19)7-8-13(14)15;1-2/h3-9H,1-2H3,(H,17,18,19);1-2H3/p-1. The zero-order chi connectivity index (χ0) is 17.9. The Morgan fingerprint density at radius 1 is 0.792 bits per heavy atom. The molecule has 0 aromatic heterocycles. The topological polar surface area (TPSA) is 75.7 Å². The van der Waals surface area contributed by atoms with E-state index >= 15 is 0 Å². The zero-order valence-corrected chi connectivity index (χ0v) is 14.8. The van der Waals surface area contributed by atoms with Crippen LogP contribution in [0, 0.1) is 0 Å². The Balaban J connectivity index is 0.00000100. The van der Waals surface area contributed by atoms with Crippen LogP contribution in [0.5, 0.6) is 11.5 Å². The van der Waals surface area contributed by atoms with Crippen LogP contribution in [0.2, 0.25) is 0 Å². The van der Waals surface area contributed by atoms with E-state index in [1.54, 1.807) is 13.2 Å². The largest absolute Gasteiger partial charge is 0.744 e. The highest BCUT2D eigenvalue weighted by Crippen LogP contribution is 2.42. The molecule has 0 aliphatic rings. The predicted octanol–water partition coefficient (Wildman–Crippen LogP) is 3.94. The highest BCUT2D eigenvalue weighted by atomic mass is 32.2. The second-order valence-electron chi connectivity index (χ2n) is 4.77. The molecule has 0 N–H and O–H groups in total. The van der Waals surface area contributed by atoms with Crippen molar-refractivity contribution in [3.05, 3.63) is 42.5 Å². The van der Waals surface area contributed by atoms with E-state index in [1.807, 2.05) is 38.1 Å². The van der Waals surface area contributed by atoms with Crippen LogP contribution in [0.1, 0.15) is 13.8 Å². The van der Waals surface area contributed by atoms with E-state index in [2.05, 4.69) is 0 Å². The third kappa shape index (κ3) is 3.02. The van der Waals surface area contributed by atoms with Crippen LogP contribution in [0.3, 0.4) is 0 Å². The Morgan fingerprint density at radius 2 is 1.25 bits per heavy atom. The Morgan fingerprint density at radius 3 is 1.71 bits per heavy atom. The molecule has 128 valence electrons. The first kappa shape index (κ1) is 18.0. The summed E-state index contributed by atoms with van der Waals surface area (Å²) in [6.07, 6.45) is 0. The van der Waals surface area contributed by atoms with Crippen LogP contribution in [-0.2, 0) is 10.1 Å². The molecule has 3 aromatic carbocycles. The highest BCUT2D eigenvalue weighted by molar-refractivity contribution is 7.85. The van der Waals surface area contributed by atoms with Gasteiger partial charge in [0.1, 0.15) is 21.6 Å². The van der Waals surface area contributed by atoms with Crippen LogP contribution in [-0.4, -0.2) is 27.2 Å². The molecule has 0 aliphatic carbocycles. The number of methoxy groups -OCH3 is 2. The van der Waals surface area contributed by atoms with Gasteiger partial charge in [0.05, 0.1) is 19.1 Å². The molecule has 0 spiro atoms. The summed E-state index contributed by atoms with van der Waals surface area (Å²) in [5.41, 5.74) is 0. The molecule has 0 unspecified atom stereocenters. The molecular weight excluding hydrogens is 328 g/mol. The van der Waals surface area contributed by atoms with E-state index in [0.29, 0.717) is 22.3 Å². The molecule has 0 bridgehead atoms. The molecule has 3 aromatic rings. The minimum absolute atomic E-state index is 0.296. The molecule has 0 fully saturated rings. The Hall–Kier alpha value is -2.31. The molecule has 0 radical (unpaired) electrons. The van der Waals surface area contributed by atoms with E-state index in [4.69, 9.17) is 9.47 Å². The minimum atomic E-state index is -4.54. The van der Waals surface area contributed by atoms with Crippen molar-refractivity contribution in [1.29, 1.82) is 0 Å². The predicted molar refractivity (Wildman–Crippen MR) is 93.9 cm³/mol. The summed E-state index contributed by atoms with van der Waals surface area (Å²) >= 11 is 0. The van der Waals surface area contributed by atoms with Gasteiger partial charge in [0.15, 0.2) is 0 Å². The molecule has 24 heavy (non-hydrogen) atoms. The summed E-state index contributed by atoms with van der Waals surface area (Å²) < 4.78 is 44.7. The van der Waals surface area contributed by atoms with Crippen molar-refractivity contribution < 1.29 is 22.4 Å². The Labute approximate surface area is 141 Å². The maximum atomic E-state index is 11.3. The summed E-state index contributed by atoms with van der Waals surface area (Å²) in [5, 5.41) is 2.85. The summed E-state index contributed by atoms with van der Waals surface area (Å²) in [6.45, 7) is 4.00. The van der Waals surface area contributed by atoms with Crippen molar-refractivity contribution in [1.82, 2.24) is 0 Å². The first-order valence-electron chi connectivity index (χ1n) is 7.49. The molecule has 0 saturated heterocycles. The molecule has 0 aliphatic heterocycles. The summed E-state index contributed by atoms with van der Waals surface area (Å²) in [4.78, 5) is -0.296. The maximum absolute atomic E-state index is 11.3. The molecule has 3 rings (SSSR count). The first-order valence-corrected chi connectivity index (χ1v) is 8.90. The Bertz CT molecular complexity index is 978. The van der Waals surface area contributed by atoms with Gasteiger partial charge in [-0.2, -0.15) is 0 Å². The van der Waals surface area contributed by atoms with Gasteiger partial charge in [0.2, 0.25) is 0 Å². The fourth-order valence-electron chi connectivity index (χ4n) is 2.67. The third-order valence-corrected chi connectivity index (χ3v) is 4.42. The number of fused-ring (bicyclic) bond motifs is 2. The van der Waals surface area contributed by atoms with Crippen molar-refractivity contribution in [2.45, 2.75) is 18.7 Å². The lowest BCUT2D eigenvalue weighted by Gasteiger charge is -2.16. The minimum Gasteiger partial charge on any atom is -0.744 e. The third-order valence-electron chi connectivity index (χ3n) is 3.59. The molecule has 5 nitrogen and oxygen atoms in total. The number of ether oxygens (including phenoxy) is 2. The van der Waals surface area contributed by atoms with Crippen molar-refractivity contribution in [2.75, 3.05) is 14.2 Å². The molecule has 0 atom stereocenters. The van der Waals surface area contributed by atoms with Gasteiger partial charge < -0.3 is 14.0 Å². The van der Waals surface area contributed by atoms with Crippen LogP contribution >= 0.6 is 0 Å². The van der Waals surface area contributed by atoms with Gasteiger partial charge in [-0.15, -0.1) is 0 Å². The average molecular weight is 347 g/mol. The molecular formula is C18H19O5S-. The van der Waals surface area contributed by atoms with Crippen molar-refractivity contribution >= 4 is 31.7 Å². The van der Waals surface area contributed by atoms with Crippen LogP contribution in [0.4, 0.5) is 0 Å². The van der Waals surface area contributed by atoms with Crippen LogP contribution in [0.15, 0.2) is 47.4 Å². The fraction of sp³-hybridized carbons (Fsp3) is 0.222. The zero-order valence-electron chi connectivity index (χ0n) is 14.0. The number of rotatable bonds is 3. The number of hydrogen-bond acceptors (Lipinski definition) is 5. The van der Waals surface area contributed by atoms with Crippen molar-refractivity contribution in [3.8, 4) is 11.5 Å². The van der Waals surface area contributed by atoms with Gasteiger partial charge in [-0.05, 0) is 18.2 Å². The molecule has 0 amide bonds. The van der Waals surface area contributed by atoms with Gasteiger partial charge in [-0.1, -0.05) is 38.1 Å². The summed E-state index contributed by atoms with van der Waals surface area (Å²) in [6, 6.07) is 11.7. The van der Waals surface area contributed by atoms with E-state index in [1.165, 1.54) is 19.2 Å². The van der Waals surface area contributed by atoms with E-state index in [-0.39, 0.29) is 4.90 Å². The van der Waals surface area contributed by atoms with Gasteiger partial charge >= 0.3 is 0 Å².